The smallest absolute Gasteiger partial charge is 0.230 e. The predicted molar refractivity (Wildman–Crippen MR) is 77.9 cm³/mol. The van der Waals surface area contributed by atoms with Gasteiger partial charge in [-0.25, -0.2) is 8.78 Å². The highest BCUT2D eigenvalue weighted by atomic mass is 32.2. The van der Waals surface area contributed by atoms with Crippen molar-refractivity contribution in [2.75, 3.05) is 5.75 Å². The first kappa shape index (κ1) is 15.4. The molecule has 2 aromatic rings. The van der Waals surface area contributed by atoms with Crippen LogP contribution in [0.2, 0.25) is 0 Å². The van der Waals surface area contributed by atoms with Gasteiger partial charge >= 0.3 is 0 Å². The number of pyridine rings is 1. The van der Waals surface area contributed by atoms with E-state index in [0.717, 1.165) is 35.3 Å². The molecule has 1 N–H and O–H groups in total. The Kier molecular flexibility index (Phi) is 5.27. The van der Waals surface area contributed by atoms with Gasteiger partial charge in [-0.2, -0.15) is 0 Å². The normalized spacial score (nSPS) is 10.4. The summed E-state index contributed by atoms with van der Waals surface area (Å²) in [5.74, 6) is -1.86. The quantitative estimate of drug-likeness (QED) is 0.863. The van der Waals surface area contributed by atoms with Crippen LogP contribution in [0.3, 0.4) is 0 Å². The van der Waals surface area contributed by atoms with Gasteiger partial charge in [-0.05, 0) is 37.3 Å². The van der Waals surface area contributed by atoms with Crippen molar-refractivity contribution in [3.05, 3.63) is 59.4 Å². The molecule has 1 amide bonds. The van der Waals surface area contributed by atoms with E-state index in [2.05, 4.69) is 10.3 Å². The minimum atomic E-state index is -0.913. The van der Waals surface area contributed by atoms with Gasteiger partial charge in [-0.1, -0.05) is 6.07 Å². The largest absolute Gasteiger partial charge is 0.350 e. The zero-order valence-corrected chi connectivity index (χ0v) is 12.2. The molecule has 0 saturated heterocycles. The molecule has 0 atom stereocenters. The number of amides is 1. The molecule has 0 aliphatic rings. The Labute approximate surface area is 125 Å². The first-order valence-electron chi connectivity index (χ1n) is 6.31. The van der Waals surface area contributed by atoms with Crippen LogP contribution in [-0.4, -0.2) is 16.6 Å². The van der Waals surface area contributed by atoms with Crippen LogP contribution >= 0.6 is 11.8 Å². The highest BCUT2D eigenvalue weighted by Crippen LogP contribution is 2.20. The molecular weight excluding hydrogens is 294 g/mol. The third kappa shape index (κ3) is 4.82. The number of carbonyl (C=O) groups excluding carboxylic acids is 1. The van der Waals surface area contributed by atoms with Crippen molar-refractivity contribution in [3.63, 3.8) is 0 Å². The minimum Gasteiger partial charge on any atom is -0.350 e. The van der Waals surface area contributed by atoms with E-state index in [1.54, 1.807) is 0 Å². The van der Waals surface area contributed by atoms with Crippen molar-refractivity contribution in [1.82, 2.24) is 10.3 Å². The molecule has 2 rings (SSSR count). The number of halogens is 2. The molecule has 3 nitrogen and oxygen atoms in total. The Bertz CT molecular complexity index is 649. The zero-order valence-electron chi connectivity index (χ0n) is 11.4. The molecular formula is C15H14F2N2OS. The number of carbonyl (C=O) groups is 1. The fourth-order valence-corrected chi connectivity index (χ4v) is 2.40. The summed E-state index contributed by atoms with van der Waals surface area (Å²) in [7, 11) is 0. The first-order chi connectivity index (χ1) is 10.0. The second-order valence-corrected chi connectivity index (χ2v) is 5.46. The fraction of sp³-hybridized carbons (Fsp3) is 0.200. The van der Waals surface area contributed by atoms with Gasteiger partial charge in [-0.15, -0.1) is 11.8 Å². The summed E-state index contributed by atoms with van der Waals surface area (Å²) in [6.07, 6.45) is 0. The third-order valence-corrected chi connectivity index (χ3v) is 3.67. The fourth-order valence-electron chi connectivity index (χ4n) is 1.65. The number of aryl methyl sites for hydroxylation is 1. The number of aromatic nitrogens is 1. The van der Waals surface area contributed by atoms with Gasteiger partial charge in [0.2, 0.25) is 5.91 Å². The van der Waals surface area contributed by atoms with Gasteiger partial charge in [0.05, 0.1) is 18.0 Å². The van der Waals surface area contributed by atoms with Crippen LogP contribution in [0.1, 0.15) is 11.4 Å². The zero-order chi connectivity index (χ0) is 15.2. The van der Waals surface area contributed by atoms with Crippen molar-refractivity contribution in [1.29, 1.82) is 0 Å². The lowest BCUT2D eigenvalue weighted by Gasteiger charge is -2.06. The molecule has 0 aliphatic carbocycles. The van der Waals surface area contributed by atoms with Crippen molar-refractivity contribution < 1.29 is 13.6 Å². The lowest BCUT2D eigenvalue weighted by Crippen LogP contribution is -2.25. The van der Waals surface area contributed by atoms with E-state index in [1.807, 2.05) is 25.1 Å². The van der Waals surface area contributed by atoms with Gasteiger partial charge in [0, 0.05) is 10.6 Å². The third-order valence-electron chi connectivity index (χ3n) is 2.67. The lowest BCUT2D eigenvalue weighted by molar-refractivity contribution is -0.118. The summed E-state index contributed by atoms with van der Waals surface area (Å²) in [6.45, 7) is 2.23. The van der Waals surface area contributed by atoms with Crippen LogP contribution in [0.15, 0.2) is 41.3 Å². The Hall–Kier alpha value is -1.95. The average Bonchev–Trinajstić information content (AvgIpc) is 2.46. The van der Waals surface area contributed by atoms with Crippen LogP contribution < -0.4 is 5.32 Å². The molecule has 0 unspecified atom stereocenters. The number of nitrogens with one attached hydrogen (secondary N) is 1. The molecule has 0 fully saturated rings. The monoisotopic (exact) mass is 308 g/mol. The van der Waals surface area contributed by atoms with E-state index >= 15 is 0 Å². The van der Waals surface area contributed by atoms with E-state index in [9.17, 15) is 13.6 Å². The number of thioether (sulfide) groups is 1. The summed E-state index contributed by atoms with van der Waals surface area (Å²) >= 11 is 1.15. The van der Waals surface area contributed by atoms with Crippen molar-refractivity contribution in [2.45, 2.75) is 18.4 Å². The van der Waals surface area contributed by atoms with Crippen LogP contribution in [0.4, 0.5) is 8.78 Å². The molecule has 0 spiro atoms. The summed E-state index contributed by atoms with van der Waals surface area (Å²) in [6, 6.07) is 9.15. The molecule has 1 heterocycles. The van der Waals surface area contributed by atoms with E-state index in [1.165, 1.54) is 6.07 Å². The molecule has 1 aromatic heterocycles. The maximum atomic E-state index is 13.0. The number of nitrogens with zero attached hydrogens (tertiary/aromatic N) is 1. The van der Waals surface area contributed by atoms with Crippen molar-refractivity contribution >= 4 is 17.7 Å². The number of hydrogen-bond acceptors (Lipinski definition) is 3. The maximum absolute atomic E-state index is 13.0. The minimum absolute atomic E-state index is 0.136. The van der Waals surface area contributed by atoms with Gasteiger partial charge < -0.3 is 5.32 Å². The Balaban J connectivity index is 1.80. The SMILES string of the molecule is Cc1cccc(CNC(=O)CSc2ccc(F)c(F)c2)n1. The summed E-state index contributed by atoms with van der Waals surface area (Å²) in [5, 5.41) is 2.73. The van der Waals surface area contributed by atoms with E-state index in [0.29, 0.717) is 11.4 Å². The number of rotatable bonds is 5. The standard InChI is InChI=1S/C15H14F2N2OS/c1-10-3-2-4-11(19-10)8-18-15(20)9-21-12-5-6-13(16)14(17)7-12/h2-7H,8-9H2,1H3,(H,18,20). The van der Waals surface area contributed by atoms with Gasteiger partial charge in [-0.3, -0.25) is 9.78 Å². The molecule has 110 valence electrons. The summed E-state index contributed by atoms with van der Waals surface area (Å²) in [4.78, 5) is 16.5. The molecule has 0 saturated carbocycles. The molecule has 1 aromatic carbocycles. The van der Waals surface area contributed by atoms with E-state index in [4.69, 9.17) is 0 Å². The Morgan fingerprint density at radius 1 is 1.24 bits per heavy atom. The van der Waals surface area contributed by atoms with E-state index in [-0.39, 0.29) is 11.7 Å². The summed E-state index contributed by atoms with van der Waals surface area (Å²) in [5.41, 5.74) is 1.67. The van der Waals surface area contributed by atoms with Crippen LogP contribution in [0.25, 0.3) is 0 Å². The Morgan fingerprint density at radius 3 is 2.76 bits per heavy atom. The maximum Gasteiger partial charge on any atom is 0.230 e. The second-order valence-electron chi connectivity index (χ2n) is 4.41. The first-order valence-corrected chi connectivity index (χ1v) is 7.30. The molecule has 0 bridgehead atoms. The van der Waals surface area contributed by atoms with Crippen LogP contribution in [0.5, 0.6) is 0 Å². The molecule has 0 aliphatic heterocycles. The topological polar surface area (TPSA) is 42.0 Å². The number of benzene rings is 1. The number of hydrogen-bond donors (Lipinski definition) is 1. The molecule has 21 heavy (non-hydrogen) atoms. The highest BCUT2D eigenvalue weighted by molar-refractivity contribution is 8.00. The summed E-state index contributed by atoms with van der Waals surface area (Å²) < 4.78 is 25.8. The van der Waals surface area contributed by atoms with Crippen molar-refractivity contribution in [2.24, 2.45) is 0 Å². The van der Waals surface area contributed by atoms with Gasteiger partial charge in [0.1, 0.15) is 0 Å². The van der Waals surface area contributed by atoms with Crippen LogP contribution in [0, 0.1) is 18.6 Å². The van der Waals surface area contributed by atoms with E-state index < -0.39 is 11.6 Å². The van der Waals surface area contributed by atoms with Gasteiger partial charge in [0.25, 0.3) is 0 Å². The average molecular weight is 308 g/mol. The Morgan fingerprint density at radius 2 is 2.05 bits per heavy atom. The predicted octanol–water partition coefficient (Wildman–Crippen LogP) is 3.08. The second kappa shape index (κ2) is 7.17. The van der Waals surface area contributed by atoms with Crippen LogP contribution in [-0.2, 0) is 11.3 Å². The molecule has 0 radical (unpaired) electrons. The van der Waals surface area contributed by atoms with Gasteiger partial charge in [0.15, 0.2) is 11.6 Å². The lowest BCUT2D eigenvalue weighted by atomic mass is 10.3. The molecule has 6 heteroatoms. The highest BCUT2D eigenvalue weighted by Gasteiger charge is 2.06. The van der Waals surface area contributed by atoms with Crippen molar-refractivity contribution in [3.8, 4) is 0 Å².